The van der Waals surface area contributed by atoms with Crippen molar-refractivity contribution in [2.45, 2.75) is 20.3 Å². The Bertz CT molecular complexity index is 532. The van der Waals surface area contributed by atoms with Gasteiger partial charge in [0.2, 0.25) is 5.90 Å². The lowest BCUT2D eigenvalue weighted by Gasteiger charge is -2.11. The van der Waals surface area contributed by atoms with Crippen molar-refractivity contribution in [3.8, 4) is 0 Å². The van der Waals surface area contributed by atoms with E-state index in [2.05, 4.69) is 18.8 Å². The maximum atomic E-state index is 5.89. The molecular formula is C18H21NO. The monoisotopic (exact) mass is 267 g/mol. The number of benzene rings is 2. The van der Waals surface area contributed by atoms with Crippen LogP contribution in [0.25, 0.3) is 0 Å². The Morgan fingerprint density at radius 3 is 2.15 bits per heavy atom. The van der Waals surface area contributed by atoms with E-state index in [1.54, 1.807) is 0 Å². The van der Waals surface area contributed by atoms with Crippen molar-refractivity contribution in [1.29, 1.82) is 0 Å². The molecule has 0 fully saturated rings. The van der Waals surface area contributed by atoms with Crippen molar-refractivity contribution in [2.75, 3.05) is 6.61 Å². The first-order chi connectivity index (χ1) is 9.75. The van der Waals surface area contributed by atoms with Gasteiger partial charge in [0.25, 0.3) is 0 Å². The minimum Gasteiger partial charge on any atom is -0.477 e. The molecule has 2 aromatic carbocycles. The average Bonchev–Trinajstić information content (AvgIpc) is 2.48. The molecule has 0 atom stereocenters. The van der Waals surface area contributed by atoms with E-state index in [4.69, 9.17) is 4.74 Å². The van der Waals surface area contributed by atoms with Crippen molar-refractivity contribution in [3.63, 3.8) is 0 Å². The largest absolute Gasteiger partial charge is 0.477 e. The number of nitrogens with zero attached hydrogens (tertiary/aromatic N) is 1. The van der Waals surface area contributed by atoms with Crippen molar-refractivity contribution in [2.24, 2.45) is 10.9 Å². The van der Waals surface area contributed by atoms with Crippen LogP contribution in [0, 0.1) is 5.92 Å². The molecule has 2 aromatic rings. The van der Waals surface area contributed by atoms with Gasteiger partial charge in [-0.05, 0) is 36.6 Å². The number of hydrogen-bond donors (Lipinski definition) is 0. The summed E-state index contributed by atoms with van der Waals surface area (Å²) in [4.78, 5) is 4.62. The average molecular weight is 267 g/mol. The fraction of sp³-hybridized carbons (Fsp3) is 0.278. The third kappa shape index (κ3) is 4.54. The molecule has 0 aliphatic heterocycles. The second-order valence-electron chi connectivity index (χ2n) is 5.15. The number of para-hydroxylation sites is 1. The normalized spacial score (nSPS) is 11.7. The maximum Gasteiger partial charge on any atom is 0.221 e. The quantitative estimate of drug-likeness (QED) is 0.561. The van der Waals surface area contributed by atoms with Gasteiger partial charge in [-0.25, -0.2) is 4.99 Å². The molecule has 0 aromatic heterocycles. The minimum atomic E-state index is 0.628. The number of rotatable bonds is 5. The molecule has 0 amide bonds. The Labute approximate surface area is 121 Å². The highest BCUT2D eigenvalue weighted by atomic mass is 16.5. The van der Waals surface area contributed by atoms with Crippen LogP contribution in [-0.4, -0.2) is 12.5 Å². The minimum absolute atomic E-state index is 0.628. The first-order valence-electron chi connectivity index (χ1n) is 7.07. The van der Waals surface area contributed by atoms with E-state index in [1.807, 2.05) is 60.7 Å². The molecule has 2 heteroatoms. The zero-order valence-electron chi connectivity index (χ0n) is 12.1. The van der Waals surface area contributed by atoms with Crippen LogP contribution in [0.15, 0.2) is 65.7 Å². The van der Waals surface area contributed by atoms with Crippen LogP contribution in [-0.2, 0) is 4.74 Å². The van der Waals surface area contributed by atoms with E-state index in [1.165, 1.54) is 0 Å². The first-order valence-corrected chi connectivity index (χ1v) is 7.07. The van der Waals surface area contributed by atoms with Crippen LogP contribution in [0.1, 0.15) is 25.8 Å². The molecule has 0 bridgehead atoms. The summed E-state index contributed by atoms with van der Waals surface area (Å²) >= 11 is 0. The van der Waals surface area contributed by atoms with Gasteiger partial charge in [0.05, 0.1) is 12.3 Å². The summed E-state index contributed by atoms with van der Waals surface area (Å²) in [5, 5.41) is 0. The van der Waals surface area contributed by atoms with Crippen molar-refractivity contribution in [1.82, 2.24) is 0 Å². The zero-order chi connectivity index (χ0) is 14.2. The SMILES string of the molecule is CC(C)CCOC(=Nc1ccccc1)c1ccccc1. The van der Waals surface area contributed by atoms with E-state index in [0.717, 1.165) is 17.7 Å². The molecular weight excluding hydrogens is 246 g/mol. The summed E-state index contributed by atoms with van der Waals surface area (Å²) < 4.78 is 5.89. The Balaban J connectivity index is 2.18. The number of aliphatic imine (C=N–C) groups is 1. The lowest BCUT2D eigenvalue weighted by atomic mass is 10.1. The topological polar surface area (TPSA) is 21.6 Å². The smallest absolute Gasteiger partial charge is 0.221 e. The second-order valence-corrected chi connectivity index (χ2v) is 5.15. The predicted octanol–water partition coefficient (Wildman–Crippen LogP) is 4.83. The predicted molar refractivity (Wildman–Crippen MR) is 84.5 cm³/mol. The Morgan fingerprint density at radius 2 is 1.55 bits per heavy atom. The Hall–Kier alpha value is -2.09. The van der Waals surface area contributed by atoms with Crippen LogP contribution in [0.3, 0.4) is 0 Å². The van der Waals surface area contributed by atoms with Gasteiger partial charge in [-0.2, -0.15) is 0 Å². The zero-order valence-corrected chi connectivity index (χ0v) is 12.1. The summed E-state index contributed by atoms with van der Waals surface area (Å²) in [6.07, 6.45) is 1.03. The Morgan fingerprint density at radius 1 is 0.950 bits per heavy atom. The van der Waals surface area contributed by atoms with Gasteiger partial charge in [0.1, 0.15) is 0 Å². The van der Waals surface area contributed by atoms with E-state index in [9.17, 15) is 0 Å². The third-order valence-corrected chi connectivity index (χ3v) is 2.94. The molecule has 0 saturated heterocycles. The molecule has 0 radical (unpaired) electrons. The highest BCUT2D eigenvalue weighted by molar-refractivity contribution is 5.95. The van der Waals surface area contributed by atoms with Crippen LogP contribution >= 0.6 is 0 Å². The lowest BCUT2D eigenvalue weighted by Crippen LogP contribution is -2.09. The molecule has 2 rings (SSSR count). The molecule has 0 heterocycles. The van der Waals surface area contributed by atoms with Crippen LogP contribution in [0.2, 0.25) is 0 Å². The van der Waals surface area contributed by atoms with Gasteiger partial charge in [-0.1, -0.05) is 50.2 Å². The molecule has 0 aliphatic rings. The summed E-state index contributed by atoms with van der Waals surface area (Å²) in [7, 11) is 0. The molecule has 0 aliphatic carbocycles. The van der Waals surface area contributed by atoms with Crippen LogP contribution in [0.4, 0.5) is 5.69 Å². The van der Waals surface area contributed by atoms with Crippen LogP contribution in [0.5, 0.6) is 0 Å². The number of hydrogen-bond acceptors (Lipinski definition) is 2. The summed E-state index contributed by atoms with van der Waals surface area (Å²) in [5.74, 6) is 1.32. The van der Waals surface area contributed by atoms with Crippen molar-refractivity contribution < 1.29 is 4.74 Å². The first kappa shape index (κ1) is 14.3. The molecule has 0 spiro atoms. The fourth-order valence-corrected chi connectivity index (χ4v) is 1.77. The second kappa shape index (κ2) is 7.49. The molecule has 0 N–H and O–H groups in total. The van der Waals surface area contributed by atoms with Crippen LogP contribution < -0.4 is 0 Å². The van der Waals surface area contributed by atoms with E-state index in [0.29, 0.717) is 18.4 Å². The number of ether oxygens (including phenoxy) is 1. The highest BCUT2D eigenvalue weighted by Crippen LogP contribution is 2.14. The summed E-state index contributed by atoms with van der Waals surface area (Å²) in [6.45, 7) is 5.08. The van der Waals surface area contributed by atoms with Crippen molar-refractivity contribution >= 4 is 11.6 Å². The van der Waals surface area contributed by atoms with E-state index >= 15 is 0 Å². The molecule has 104 valence electrons. The van der Waals surface area contributed by atoms with E-state index < -0.39 is 0 Å². The lowest BCUT2D eigenvalue weighted by molar-refractivity contribution is 0.279. The summed E-state index contributed by atoms with van der Waals surface area (Å²) in [5.41, 5.74) is 1.93. The Kier molecular flexibility index (Phi) is 5.36. The van der Waals surface area contributed by atoms with Gasteiger partial charge in [0.15, 0.2) is 0 Å². The van der Waals surface area contributed by atoms with Gasteiger partial charge < -0.3 is 4.74 Å². The standard InChI is InChI=1S/C18H21NO/c1-15(2)13-14-20-18(16-9-5-3-6-10-16)19-17-11-7-4-8-12-17/h3-12,15H,13-14H2,1-2H3. The van der Waals surface area contributed by atoms with Crippen molar-refractivity contribution in [3.05, 3.63) is 66.2 Å². The summed E-state index contributed by atoms with van der Waals surface area (Å²) in [6, 6.07) is 20.0. The molecule has 20 heavy (non-hydrogen) atoms. The molecule has 0 unspecified atom stereocenters. The maximum absolute atomic E-state index is 5.89. The van der Waals surface area contributed by atoms with Gasteiger partial charge >= 0.3 is 0 Å². The highest BCUT2D eigenvalue weighted by Gasteiger charge is 2.05. The van der Waals surface area contributed by atoms with Gasteiger partial charge in [-0.15, -0.1) is 0 Å². The third-order valence-electron chi connectivity index (χ3n) is 2.94. The fourth-order valence-electron chi connectivity index (χ4n) is 1.77. The van der Waals surface area contributed by atoms with Gasteiger partial charge in [-0.3, -0.25) is 0 Å². The molecule has 2 nitrogen and oxygen atoms in total. The molecule has 0 saturated carbocycles. The van der Waals surface area contributed by atoms with E-state index in [-0.39, 0.29) is 0 Å². The van der Waals surface area contributed by atoms with Gasteiger partial charge in [0, 0.05) is 5.56 Å².